The van der Waals surface area contributed by atoms with E-state index in [-0.39, 0.29) is 5.92 Å². The minimum absolute atomic E-state index is 0.150. The van der Waals surface area contributed by atoms with Crippen molar-refractivity contribution in [2.75, 3.05) is 17.3 Å². The first-order chi connectivity index (χ1) is 10.3. The quantitative estimate of drug-likeness (QED) is 0.429. The van der Waals surface area contributed by atoms with E-state index in [2.05, 4.69) is 19.9 Å². The van der Waals surface area contributed by atoms with Crippen molar-refractivity contribution in [1.29, 1.82) is 0 Å². The van der Waals surface area contributed by atoms with Crippen LogP contribution < -0.4 is 0 Å². The maximum atomic E-state index is 12.5. The Hall–Kier alpha value is 0.460. The third-order valence-corrected chi connectivity index (χ3v) is 7.14. The van der Waals surface area contributed by atoms with Crippen molar-refractivity contribution in [3.05, 3.63) is 10.3 Å². The molecule has 0 amide bonds. The van der Waals surface area contributed by atoms with E-state index in [1.54, 1.807) is 11.8 Å². The summed E-state index contributed by atoms with van der Waals surface area (Å²) < 4.78 is 1.39. The fraction of sp³-hybridized carbons (Fsp3) is 0.824. The summed E-state index contributed by atoms with van der Waals surface area (Å²) in [5.74, 6) is 3.58. The molecule has 1 rings (SSSR count). The molecule has 0 aliphatic carbocycles. The molecule has 0 bridgehead atoms. The van der Waals surface area contributed by atoms with E-state index in [4.69, 9.17) is 0 Å². The van der Waals surface area contributed by atoms with Crippen LogP contribution in [0.4, 0.5) is 0 Å². The molecule has 0 spiro atoms. The zero-order chi connectivity index (χ0) is 15.3. The van der Waals surface area contributed by atoms with Gasteiger partial charge >= 0.3 is 0 Å². The number of allylic oxidation sites excluding steroid dienone is 1. The Balaban J connectivity index is 2.49. The van der Waals surface area contributed by atoms with Crippen LogP contribution in [-0.4, -0.2) is 22.4 Å². The highest BCUT2D eigenvalue weighted by molar-refractivity contribution is 8.22. The highest BCUT2D eigenvalue weighted by Gasteiger charge is 2.18. The highest BCUT2D eigenvalue weighted by Crippen LogP contribution is 2.36. The number of hydrogen-bond donors (Lipinski definition) is 0. The molecular weight excluding hydrogens is 316 g/mol. The molecular formula is C17H30OS3. The molecule has 1 aliphatic rings. The molecule has 1 saturated heterocycles. The molecule has 0 saturated carbocycles. The van der Waals surface area contributed by atoms with Gasteiger partial charge < -0.3 is 0 Å². The standard InChI is InChI=1S/C17H30OS3/c1-3-5-7-8-10-15(17(18)21-11-6-4-2)14-16-19-12-9-13-20-16/h14-15H,3-13H2,1-2H3. The lowest BCUT2D eigenvalue weighted by Crippen LogP contribution is -2.10. The molecule has 1 nitrogen and oxygen atoms in total. The van der Waals surface area contributed by atoms with Gasteiger partial charge in [-0.15, -0.1) is 23.5 Å². The number of carbonyl (C=O) groups excluding carboxylic acids is 1. The molecule has 21 heavy (non-hydrogen) atoms. The zero-order valence-corrected chi connectivity index (χ0v) is 16.0. The number of thioether (sulfide) groups is 3. The van der Waals surface area contributed by atoms with Gasteiger partial charge in [-0.25, -0.2) is 0 Å². The fourth-order valence-corrected chi connectivity index (χ4v) is 5.74. The molecule has 4 heteroatoms. The van der Waals surface area contributed by atoms with Gasteiger partial charge in [0, 0.05) is 15.9 Å². The molecule has 0 aromatic heterocycles. The Morgan fingerprint density at radius 2 is 1.86 bits per heavy atom. The summed E-state index contributed by atoms with van der Waals surface area (Å²) in [6.45, 7) is 4.42. The Morgan fingerprint density at radius 1 is 1.14 bits per heavy atom. The van der Waals surface area contributed by atoms with Crippen molar-refractivity contribution in [2.45, 2.75) is 65.2 Å². The van der Waals surface area contributed by atoms with Gasteiger partial charge in [0.1, 0.15) is 0 Å². The van der Waals surface area contributed by atoms with Crippen molar-refractivity contribution in [2.24, 2.45) is 5.92 Å². The SMILES string of the molecule is CCCCCCC(C=C1SCCCS1)C(=O)SCCCC. The number of carbonyl (C=O) groups is 1. The van der Waals surface area contributed by atoms with Crippen LogP contribution >= 0.6 is 35.3 Å². The van der Waals surface area contributed by atoms with E-state index in [0.29, 0.717) is 5.12 Å². The minimum atomic E-state index is 0.150. The van der Waals surface area contributed by atoms with Crippen molar-refractivity contribution < 1.29 is 4.79 Å². The van der Waals surface area contributed by atoms with Gasteiger partial charge in [0.25, 0.3) is 0 Å². The second-order valence-corrected chi connectivity index (χ2v) is 9.14. The minimum Gasteiger partial charge on any atom is -0.287 e. The molecule has 1 unspecified atom stereocenters. The lowest BCUT2D eigenvalue weighted by Gasteiger charge is -2.17. The molecule has 0 aromatic carbocycles. The summed E-state index contributed by atoms with van der Waals surface area (Å²) in [6.07, 6.45) is 12.0. The number of rotatable bonds is 10. The first kappa shape index (κ1) is 19.5. The van der Waals surface area contributed by atoms with Gasteiger partial charge in [-0.2, -0.15) is 0 Å². The van der Waals surface area contributed by atoms with Crippen molar-refractivity contribution in [3.63, 3.8) is 0 Å². The summed E-state index contributed by atoms with van der Waals surface area (Å²) in [5, 5.41) is 0.402. The van der Waals surface area contributed by atoms with Crippen LogP contribution in [0.1, 0.15) is 65.2 Å². The molecule has 0 aromatic rings. The summed E-state index contributed by atoms with van der Waals surface area (Å²) in [6, 6.07) is 0. The van der Waals surface area contributed by atoms with E-state index in [1.165, 1.54) is 54.3 Å². The van der Waals surface area contributed by atoms with E-state index in [0.717, 1.165) is 18.6 Å². The molecule has 0 N–H and O–H groups in total. The van der Waals surface area contributed by atoms with Gasteiger partial charge in [-0.1, -0.05) is 63.8 Å². The Bertz CT molecular complexity index is 307. The second-order valence-electron chi connectivity index (χ2n) is 5.51. The Labute approximate surface area is 143 Å². The highest BCUT2D eigenvalue weighted by atomic mass is 32.2. The van der Waals surface area contributed by atoms with Gasteiger partial charge in [-0.3, -0.25) is 4.79 Å². The monoisotopic (exact) mass is 346 g/mol. The van der Waals surface area contributed by atoms with E-state index in [9.17, 15) is 4.79 Å². The summed E-state index contributed by atoms with van der Waals surface area (Å²) in [5.41, 5.74) is 0. The number of unbranched alkanes of at least 4 members (excludes halogenated alkanes) is 4. The fourth-order valence-electron chi connectivity index (χ4n) is 2.19. The van der Waals surface area contributed by atoms with Gasteiger partial charge in [0.15, 0.2) is 5.12 Å². The van der Waals surface area contributed by atoms with Gasteiger partial charge in [0.2, 0.25) is 0 Å². The third-order valence-electron chi connectivity index (χ3n) is 3.53. The summed E-state index contributed by atoms with van der Waals surface area (Å²) in [7, 11) is 0. The predicted octanol–water partition coefficient (Wildman–Crippen LogP) is 6.34. The van der Waals surface area contributed by atoms with Crippen molar-refractivity contribution in [3.8, 4) is 0 Å². The van der Waals surface area contributed by atoms with Crippen molar-refractivity contribution >= 4 is 40.4 Å². The zero-order valence-electron chi connectivity index (χ0n) is 13.6. The maximum absolute atomic E-state index is 12.5. The van der Waals surface area contributed by atoms with Gasteiger partial charge in [-0.05, 0) is 30.8 Å². The second kappa shape index (κ2) is 13.0. The average molecular weight is 347 g/mol. The lowest BCUT2D eigenvalue weighted by molar-refractivity contribution is -0.113. The Morgan fingerprint density at radius 3 is 2.52 bits per heavy atom. The van der Waals surface area contributed by atoms with E-state index >= 15 is 0 Å². The molecule has 1 fully saturated rings. The third kappa shape index (κ3) is 9.25. The van der Waals surface area contributed by atoms with Crippen LogP contribution in [0, 0.1) is 5.92 Å². The normalized spacial score (nSPS) is 16.8. The largest absolute Gasteiger partial charge is 0.287 e. The smallest absolute Gasteiger partial charge is 0.195 e. The van der Waals surface area contributed by atoms with Crippen LogP contribution in [0.25, 0.3) is 0 Å². The van der Waals surface area contributed by atoms with Crippen LogP contribution in [0.3, 0.4) is 0 Å². The predicted molar refractivity (Wildman–Crippen MR) is 102 cm³/mol. The summed E-state index contributed by atoms with van der Waals surface area (Å²) in [4.78, 5) is 12.5. The Kier molecular flexibility index (Phi) is 12.0. The lowest BCUT2D eigenvalue weighted by atomic mass is 10.0. The van der Waals surface area contributed by atoms with E-state index < -0.39 is 0 Å². The molecule has 1 heterocycles. The maximum Gasteiger partial charge on any atom is 0.195 e. The average Bonchev–Trinajstić information content (AvgIpc) is 2.51. The van der Waals surface area contributed by atoms with Crippen molar-refractivity contribution in [1.82, 2.24) is 0 Å². The van der Waals surface area contributed by atoms with Gasteiger partial charge in [0.05, 0.1) is 0 Å². The molecule has 0 radical (unpaired) electrons. The first-order valence-electron chi connectivity index (χ1n) is 8.42. The first-order valence-corrected chi connectivity index (χ1v) is 11.4. The van der Waals surface area contributed by atoms with Crippen LogP contribution in [0.5, 0.6) is 0 Å². The van der Waals surface area contributed by atoms with Crippen LogP contribution in [0.2, 0.25) is 0 Å². The molecule has 1 aliphatic heterocycles. The molecule has 1 atom stereocenters. The van der Waals surface area contributed by atoms with E-state index in [1.807, 2.05) is 23.5 Å². The topological polar surface area (TPSA) is 17.1 Å². The number of hydrogen-bond acceptors (Lipinski definition) is 4. The molecule has 122 valence electrons. The van der Waals surface area contributed by atoms with Crippen LogP contribution in [-0.2, 0) is 4.79 Å². The summed E-state index contributed by atoms with van der Waals surface area (Å²) >= 11 is 5.45. The van der Waals surface area contributed by atoms with Crippen LogP contribution in [0.15, 0.2) is 10.3 Å².